The lowest BCUT2D eigenvalue weighted by atomic mass is 9.89. The van der Waals surface area contributed by atoms with E-state index in [-0.39, 0.29) is 12.0 Å². The molecule has 2 fully saturated rings. The Kier molecular flexibility index (Phi) is 5.40. The maximum absolute atomic E-state index is 10.4. The van der Waals surface area contributed by atoms with Crippen molar-refractivity contribution >= 4 is 5.82 Å². The Morgan fingerprint density at radius 1 is 1.17 bits per heavy atom. The quantitative estimate of drug-likeness (QED) is 0.917. The topological polar surface area (TPSA) is 58.5 Å². The number of aliphatic hydroxyl groups is 1. The predicted octanol–water partition coefficient (Wildman–Crippen LogP) is 3.09. The zero-order valence-electron chi connectivity index (χ0n) is 15.4. The van der Waals surface area contributed by atoms with Gasteiger partial charge in [-0.2, -0.15) is 0 Å². The number of hydrogen-bond donors (Lipinski definition) is 1. The molecule has 2 saturated heterocycles. The largest absolute Gasteiger partial charge is 0.393 e. The number of ether oxygens (including phenoxy) is 1. The van der Waals surface area contributed by atoms with E-state index in [1.54, 1.807) is 0 Å². The molecule has 134 valence electrons. The summed E-state index contributed by atoms with van der Waals surface area (Å²) in [7, 11) is 0. The second kappa shape index (κ2) is 7.36. The Balaban J connectivity index is 1.91. The maximum atomic E-state index is 10.4. The van der Waals surface area contributed by atoms with Crippen LogP contribution in [-0.4, -0.2) is 47.0 Å². The standard InChI is InChI=1S/C19H31N3O2/c1-12(2)15-10-18(21-19(20-15)13(3)4)22-8-5-6-16(22)14-11-24-9-7-17(14)23/h10,12-14,16-17,23H,5-9,11H2,1-4H3. The van der Waals surface area contributed by atoms with Crippen molar-refractivity contribution in [3.63, 3.8) is 0 Å². The van der Waals surface area contributed by atoms with Crippen LogP contribution in [0.3, 0.4) is 0 Å². The number of aliphatic hydroxyl groups excluding tert-OH is 1. The van der Waals surface area contributed by atoms with Crippen LogP contribution in [0.5, 0.6) is 0 Å². The second-order valence-corrected chi connectivity index (χ2v) is 7.82. The summed E-state index contributed by atoms with van der Waals surface area (Å²) in [5.41, 5.74) is 1.11. The maximum Gasteiger partial charge on any atom is 0.133 e. The van der Waals surface area contributed by atoms with Crippen molar-refractivity contribution < 1.29 is 9.84 Å². The minimum atomic E-state index is -0.264. The van der Waals surface area contributed by atoms with Gasteiger partial charge < -0.3 is 14.7 Å². The Bertz CT molecular complexity index is 535. The fraction of sp³-hybridized carbons (Fsp3) is 0.789. The van der Waals surface area contributed by atoms with Gasteiger partial charge in [-0.3, -0.25) is 0 Å². The minimum Gasteiger partial charge on any atom is -0.393 e. The van der Waals surface area contributed by atoms with Gasteiger partial charge in [0.25, 0.3) is 0 Å². The van der Waals surface area contributed by atoms with Gasteiger partial charge in [-0.1, -0.05) is 27.7 Å². The molecule has 3 heterocycles. The molecule has 0 radical (unpaired) electrons. The van der Waals surface area contributed by atoms with Crippen LogP contribution >= 0.6 is 0 Å². The summed E-state index contributed by atoms with van der Waals surface area (Å²) >= 11 is 0. The molecule has 0 amide bonds. The zero-order chi connectivity index (χ0) is 17.3. The van der Waals surface area contributed by atoms with Crippen molar-refractivity contribution in [3.05, 3.63) is 17.6 Å². The Morgan fingerprint density at radius 3 is 2.62 bits per heavy atom. The fourth-order valence-corrected chi connectivity index (χ4v) is 3.81. The van der Waals surface area contributed by atoms with E-state index in [2.05, 4.69) is 38.7 Å². The summed E-state index contributed by atoms with van der Waals surface area (Å²) in [6.45, 7) is 11.0. The lowest BCUT2D eigenvalue weighted by molar-refractivity contribution is -0.0438. The van der Waals surface area contributed by atoms with Gasteiger partial charge in [-0.15, -0.1) is 0 Å². The Hall–Kier alpha value is -1.20. The van der Waals surface area contributed by atoms with E-state index in [1.807, 2.05) is 0 Å². The van der Waals surface area contributed by atoms with E-state index < -0.39 is 0 Å². The first kappa shape index (κ1) is 17.6. The molecule has 3 unspecified atom stereocenters. The molecule has 5 nitrogen and oxygen atoms in total. The number of rotatable bonds is 4. The van der Waals surface area contributed by atoms with E-state index in [4.69, 9.17) is 14.7 Å². The highest BCUT2D eigenvalue weighted by molar-refractivity contribution is 5.44. The minimum absolute atomic E-state index is 0.182. The van der Waals surface area contributed by atoms with Crippen LogP contribution < -0.4 is 4.90 Å². The summed E-state index contributed by atoms with van der Waals surface area (Å²) in [6, 6.07) is 2.46. The molecule has 0 bridgehead atoms. The third-order valence-corrected chi connectivity index (χ3v) is 5.31. The van der Waals surface area contributed by atoms with Gasteiger partial charge in [-0.05, 0) is 25.2 Å². The molecule has 1 aromatic rings. The summed E-state index contributed by atoms with van der Waals surface area (Å²) in [4.78, 5) is 12.0. The fourth-order valence-electron chi connectivity index (χ4n) is 3.81. The van der Waals surface area contributed by atoms with Crippen LogP contribution in [0.15, 0.2) is 6.07 Å². The molecular weight excluding hydrogens is 302 g/mol. The number of hydrogen-bond acceptors (Lipinski definition) is 5. The van der Waals surface area contributed by atoms with E-state index in [9.17, 15) is 5.11 Å². The van der Waals surface area contributed by atoms with Crippen molar-refractivity contribution in [2.45, 2.75) is 70.9 Å². The van der Waals surface area contributed by atoms with E-state index in [1.165, 1.54) is 0 Å². The monoisotopic (exact) mass is 333 g/mol. The Morgan fingerprint density at radius 2 is 1.96 bits per heavy atom. The summed E-state index contributed by atoms with van der Waals surface area (Å²) in [5.74, 6) is 2.82. The molecular formula is C19H31N3O2. The smallest absolute Gasteiger partial charge is 0.133 e. The average Bonchev–Trinajstić information content (AvgIpc) is 3.04. The molecule has 0 aliphatic carbocycles. The highest BCUT2D eigenvalue weighted by Gasteiger charge is 2.38. The molecule has 3 rings (SSSR count). The summed E-state index contributed by atoms with van der Waals surface area (Å²) in [6.07, 6.45) is 2.72. The normalized spacial score (nSPS) is 28.1. The molecule has 3 atom stereocenters. The van der Waals surface area contributed by atoms with Gasteiger partial charge in [-0.25, -0.2) is 9.97 Å². The number of aromatic nitrogens is 2. The van der Waals surface area contributed by atoms with Crippen LogP contribution in [0.1, 0.15) is 70.3 Å². The molecule has 0 spiro atoms. The first-order valence-corrected chi connectivity index (χ1v) is 9.38. The average molecular weight is 333 g/mol. The molecule has 1 N–H and O–H groups in total. The first-order chi connectivity index (χ1) is 11.5. The van der Waals surface area contributed by atoms with Crippen LogP contribution in [0.4, 0.5) is 5.82 Å². The van der Waals surface area contributed by atoms with Gasteiger partial charge >= 0.3 is 0 Å². The van der Waals surface area contributed by atoms with Gasteiger partial charge in [0.05, 0.1) is 12.7 Å². The van der Waals surface area contributed by atoms with E-state index in [0.717, 1.165) is 43.1 Å². The van der Waals surface area contributed by atoms with Gasteiger partial charge in [0.2, 0.25) is 0 Å². The van der Waals surface area contributed by atoms with Crippen LogP contribution in [0.2, 0.25) is 0 Å². The van der Waals surface area contributed by atoms with Gasteiger partial charge in [0, 0.05) is 42.8 Å². The van der Waals surface area contributed by atoms with Crippen molar-refractivity contribution in [2.24, 2.45) is 5.92 Å². The highest BCUT2D eigenvalue weighted by Crippen LogP contribution is 2.34. The third kappa shape index (κ3) is 3.57. The van der Waals surface area contributed by atoms with E-state index >= 15 is 0 Å². The van der Waals surface area contributed by atoms with Gasteiger partial charge in [0.1, 0.15) is 11.6 Å². The van der Waals surface area contributed by atoms with Crippen molar-refractivity contribution in [1.82, 2.24) is 9.97 Å². The predicted molar refractivity (Wildman–Crippen MR) is 95.5 cm³/mol. The number of anilines is 1. The summed E-state index contributed by atoms with van der Waals surface area (Å²) in [5, 5.41) is 10.4. The molecule has 2 aliphatic rings. The molecule has 2 aliphatic heterocycles. The van der Waals surface area contributed by atoms with Crippen LogP contribution in [-0.2, 0) is 4.74 Å². The SMILES string of the molecule is CC(C)c1cc(N2CCCC2C2COCCC2O)nc(C(C)C)n1. The Labute approximate surface area is 145 Å². The molecule has 0 aromatic carbocycles. The zero-order valence-corrected chi connectivity index (χ0v) is 15.4. The lowest BCUT2D eigenvalue weighted by Gasteiger charge is -2.37. The number of nitrogens with zero attached hydrogens (tertiary/aromatic N) is 3. The third-order valence-electron chi connectivity index (χ3n) is 5.31. The second-order valence-electron chi connectivity index (χ2n) is 7.82. The summed E-state index contributed by atoms with van der Waals surface area (Å²) < 4.78 is 5.65. The lowest BCUT2D eigenvalue weighted by Crippen LogP contribution is -2.46. The molecule has 5 heteroatoms. The van der Waals surface area contributed by atoms with Gasteiger partial charge in [0.15, 0.2) is 0 Å². The first-order valence-electron chi connectivity index (χ1n) is 9.38. The van der Waals surface area contributed by atoms with Crippen LogP contribution in [0.25, 0.3) is 0 Å². The van der Waals surface area contributed by atoms with Crippen molar-refractivity contribution in [1.29, 1.82) is 0 Å². The molecule has 24 heavy (non-hydrogen) atoms. The van der Waals surface area contributed by atoms with E-state index in [0.29, 0.717) is 31.1 Å². The molecule has 0 saturated carbocycles. The van der Waals surface area contributed by atoms with Crippen molar-refractivity contribution in [2.75, 3.05) is 24.7 Å². The van der Waals surface area contributed by atoms with Crippen molar-refractivity contribution in [3.8, 4) is 0 Å². The van der Waals surface area contributed by atoms with Crippen LogP contribution in [0, 0.1) is 5.92 Å². The molecule has 1 aromatic heterocycles. The highest BCUT2D eigenvalue weighted by atomic mass is 16.5.